The molecular weight excluding hydrogens is 326 g/mol. The minimum absolute atomic E-state index is 0.548. The standard InChI is InChI=1S/C19H39N7/c1-7-9-10-20-19(22-12-14-26(16(3)4)17(5)6)21-11-13-25-15-23-24-18(25)8-2/h15-17H,7-14H2,1-6H3,(H2,20,21,22). The zero-order valence-electron chi connectivity index (χ0n) is 17.6. The van der Waals surface area contributed by atoms with E-state index in [4.69, 9.17) is 4.99 Å². The number of nitrogens with zero attached hydrogens (tertiary/aromatic N) is 5. The van der Waals surface area contributed by atoms with Crippen LogP contribution in [-0.2, 0) is 13.0 Å². The van der Waals surface area contributed by atoms with E-state index in [1.54, 1.807) is 6.33 Å². The Morgan fingerprint density at radius 2 is 1.85 bits per heavy atom. The number of nitrogens with one attached hydrogen (secondary N) is 2. The first kappa shape index (κ1) is 22.4. The van der Waals surface area contributed by atoms with Gasteiger partial charge in [-0.1, -0.05) is 20.3 Å². The molecule has 7 nitrogen and oxygen atoms in total. The Morgan fingerprint density at radius 1 is 1.15 bits per heavy atom. The first-order valence-electron chi connectivity index (χ1n) is 10.1. The molecule has 0 bridgehead atoms. The lowest BCUT2D eigenvalue weighted by atomic mass is 10.2. The Bertz CT molecular complexity index is 500. The van der Waals surface area contributed by atoms with Crippen molar-refractivity contribution in [2.24, 2.45) is 4.99 Å². The molecule has 0 aliphatic rings. The van der Waals surface area contributed by atoms with Crippen LogP contribution in [0.5, 0.6) is 0 Å². The largest absolute Gasteiger partial charge is 0.355 e. The number of aromatic nitrogens is 3. The van der Waals surface area contributed by atoms with E-state index in [9.17, 15) is 0 Å². The highest BCUT2D eigenvalue weighted by molar-refractivity contribution is 5.79. The molecule has 0 amide bonds. The SMILES string of the molecule is CCCCN=C(NCCN(C(C)C)C(C)C)NCCn1cnnc1CC. The summed E-state index contributed by atoms with van der Waals surface area (Å²) >= 11 is 0. The van der Waals surface area contributed by atoms with Crippen molar-refractivity contribution in [1.29, 1.82) is 0 Å². The molecule has 26 heavy (non-hydrogen) atoms. The Labute approximate surface area is 159 Å². The second-order valence-corrected chi connectivity index (χ2v) is 7.16. The Morgan fingerprint density at radius 3 is 2.46 bits per heavy atom. The first-order chi connectivity index (χ1) is 12.5. The fraction of sp³-hybridized carbons (Fsp3) is 0.842. The molecule has 1 aromatic rings. The third kappa shape index (κ3) is 8.17. The summed E-state index contributed by atoms with van der Waals surface area (Å²) < 4.78 is 2.09. The van der Waals surface area contributed by atoms with Gasteiger partial charge in [0, 0.05) is 51.2 Å². The molecule has 7 heteroatoms. The average molecular weight is 366 g/mol. The topological polar surface area (TPSA) is 70.4 Å². The summed E-state index contributed by atoms with van der Waals surface area (Å²) in [5, 5.41) is 15.0. The molecule has 0 saturated carbocycles. The van der Waals surface area contributed by atoms with Crippen molar-refractivity contribution >= 4 is 5.96 Å². The van der Waals surface area contributed by atoms with Crippen LogP contribution in [0.25, 0.3) is 0 Å². The molecule has 0 aliphatic heterocycles. The minimum Gasteiger partial charge on any atom is -0.355 e. The normalized spacial score (nSPS) is 12.4. The number of aryl methyl sites for hydroxylation is 1. The summed E-state index contributed by atoms with van der Waals surface area (Å²) in [5.41, 5.74) is 0. The van der Waals surface area contributed by atoms with Crippen LogP contribution in [0, 0.1) is 0 Å². The summed E-state index contributed by atoms with van der Waals surface area (Å²) in [4.78, 5) is 7.18. The summed E-state index contributed by atoms with van der Waals surface area (Å²) in [5.74, 6) is 1.92. The summed E-state index contributed by atoms with van der Waals surface area (Å²) in [6, 6.07) is 1.10. The van der Waals surface area contributed by atoms with E-state index in [0.29, 0.717) is 12.1 Å². The molecule has 1 rings (SSSR count). The van der Waals surface area contributed by atoms with Gasteiger partial charge in [-0.15, -0.1) is 10.2 Å². The van der Waals surface area contributed by atoms with Crippen LogP contribution >= 0.6 is 0 Å². The molecule has 1 aromatic heterocycles. The van der Waals surface area contributed by atoms with Gasteiger partial charge in [0.25, 0.3) is 0 Å². The monoisotopic (exact) mass is 365 g/mol. The quantitative estimate of drug-likeness (QED) is 0.338. The predicted molar refractivity (Wildman–Crippen MR) is 110 cm³/mol. The zero-order chi connectivity index (χ0) is 19.4. The highest BCUT2D eigenvalue weighted by Gasteiger charge is 2.12. The van der Waals surface area contributed by atoms with Gasteiger partial charge in [-0.3, -0.25) is 9.89 Å². The Balaban J connectivity index is 2.49. The van der Waals surface area contributed by atoms with Gasteiger partial charge in [-0.25, -0.2) is 0 Å². The van der Waals surface area contributed by atoms with Gasteiger partial charge < -0.3 is 15.2 Å². The van der Waals surface area contributed by atoms with Gasteiger partial charge in [0.2, 0.25) is 0 Å². The lowest BCUT2D eigenvalue weighted by Crippen LogP contribution is -2.45. The maximum atomic E-state index is 4.70. The molecule has 0 aliphatic carbocycles. The molecule has 0 atom stereocenters. The van der Waals surface area contributed by atoms with Crippen LogP contribution in [0.15, 0.2) is 11.3 Å². The molecule has 0 spiro atoms. The predicted octanol–water partition coefficient (Wildman–Crippen LogP) is 2.29. The Kier molecular flexibility index (Phi) is 10.9. The van der Waals surface area contributed by atoms with Crippen LogP contribution in [-0.4, -0.2) is 63.9 Å². The van der Waals surface area contributed by atoms with Crippen molar-refractivity contribution in [2.45, 2.75) is 79.4 Å². The lowest BCUT2D eigenvalue weighted by molar-refractivity contribution is 0.178. The average Bonchev–Trinajstić information content (AvgIpc) is 3.05. The summed E-state index contributed by atoms with van der Waals surface area (Å²) in [6.07, 6.45) is 4.97. The summed E-state index contributed by atoms with van der Waals surface area (Å²) in [6.45, 7) is 17.7. The van der Waals surface area contributed by atoms with Gasteiger partial charge in [-0.05, 0) is 34.1 Å². The lowest BCUT2D eigenvalue weighted by Gasteiger charge is -2.30. The van der Waals surface area contributed by atoms with Gasteiger partial charge in [-0.2, -0.15) is 0 Å². The number of unbranched alkanes of at least 4 members (excludes halogenated alkanes) is 1. The van der Waals surface area contributed by atoms with E-state index in [-0.39, 0.29) is 0 Å². The number of rotatable bonds is 12. The zero-order valence-corrected chi connectivity index (χ0v) is 17.6. The number of hydrogen-bond donors (Lipinski definition) is 2. The molecule has 1 heterocycles. The van der Waals surface area contributed by atoms with Crippen molar-refractivity contribution in [3.05, 3.63) is 12.2 Å². The van der Waals surface area contributed by atoms with Crippen molar-refractivity contribution in [3.8, 4) is 0 Å². The van der Waals surface area contributed by atoms with Crippen molar-refractivity contribution in [1.82, 2.24) is 30.3 Å². The van der Waals surface area contributed by atoms with Crippen molar-refractivity contribution < 1.29 is 0 Å². The van der Waals surface area contributed by atoms with Gasteiger partial charge >= 0.3 is 0 Å². The molecule has 0 radical (unpaired) electrons. The fourth-order valence-corrected chi connectivity index (χ4v) is 2.97. The second kappa shape index (κ2) is 12.7. The highest BCUT2D eigenvalue weighted by atomic mass is 15.3. The van der Waals surface area contributed by atoms with Gasteiger partial charge in [0.1, 0.15) is 12.2 Å². The molecule has 2 N–H and O–H groups in total. The van der Waals surface area contributed by atoms with Crippen LogP contribution < -0.4 is 10.6 Å². The number of aliphatic imine (C=N–C) groups is 1. The van der Waals surface area contributed by atoms with Crippen LogP contribution in [0.1, 0.15) is 60.2 Å². The van der Waals surface area contributed by atoms with Crippen LogP contribution in [0.2, 0.25) is 0 Å². The van der Waals surface area contributed by atoms with Crippen molar-refractivity contribution in [3.63, 3.8) is 0 Å². The second-order valence-electron chi connectivity index (χ2n) is 7.16. The number of hydrogen-bond acceptors (Lipinski definition) is 4. The molecule has 0 saturated heterocycles. The smallest absolute Gasteiger partial charge is 0.191 e. The third-order valence-corrected chi connectivity index (χ3v) is 4.43. The van der Waals surface area contributed by atoms with E-state index in [0.717, 1.165) is 63.8 Å². The maximum Gasteiger partial charge on any atom is 0.191 e. The number of guanidine groups is 1. The van der Waals surface area contributed by atoms with Crippen molar-refractivity contribution in [2.75, 3.05) is 26.2 Å². The molecule has 0 aromatic carbocycles. The van der Waals surface area contributed by atoms with E-state index in [2.05, 4.69) is 71.8 Å². The van der Waals surface area contributed by atoms with E-state index in [1.807, 2.05) is 0 Å². The van der Waals surface area contributed by atoms with E-state index < -0.39 is 0 Å². The van der Waals surface area contributed by atoms with Crippen LogP contribution in [0.4, 0.5) is 0 Å². The molecular formula is C19H39N7. The third-order valence-electron chi connectivity index (χ3n) is 4.43. The molecule has 0 fully saturated rings. The molecule has 0 unspecified atom stereocenters. The highest BCUT2D eigenvalue weighted by Crippen LogP contribution is 2.03. The molecule has 150 valence electrons. The minimum atomic E-state index is 0.548. The first-order valence-corrected chi connectivity index (χ1v) is 10.1. The van der Waals surface area contributed by atoms with E-state index >= 15 is 0 Å². The van der Waals surface area contributed by atoms with Gasteiger partial charge in [0.05, 0.1) is 0 Å². The Hall–Kier alpha value is -1.63. The summed E-state index contributed by atoms with van der Waals surface area (Å²) in [7, 11) is 0. The van der Waals surface area contributed by atoms with Crippen LogP contribution in [0.3, 0.4) is 0 Å². The van der Waals surface area contributed by atoms with Gasteiger partial charge in [0.15, 0.2) is 5.96 Å². The van der Waals surface area contributed by atoms with E-state index in [1.165, 1.54) is 0 Å². The fourth-order valence-electron chi connectivity index (χ4n) is 2.97. The maximum absolute atomic E-state index is 4.70.